The van der Waals surface area contributed by atoms with Crippen LogP contribution in [0.25, 0.3) is 10.4 Å². The highest BCUT2D eigenvalue weighted by atomic mass is 15.2. The van der Waals surface area contributed by atoms with E-state index in [2.05, 4.69) is 21.8 Å². The molecule has 1 fully saturated rings. The fourth-order valence-corrected chi connectivity index (χ4v) is 2.17. The molecule has 1 unspecified atom stereocenters. The molecule has 0 radical (unpaired) electrons. The van der Waals surface area contributed by atoms with E-state index in [0.717, 1.165) is 18.9 Å². The van der Waals surface area contributed by atoms with Crippen molar-refractivity contribution >= 4 is 0 Å². The number of likely N-dealkylation sites (tertiary alicyclic amines) is 1. The van der Waals surface area contributed by atoms with Gasteiger partial charge in [-0.1, -0.05) is 18.5 Å². The van der Waals surface area contributed by atoms with Crippen molar-refractivity contribution in [3.8, 4) is 0 Å². The molecule has 0 aliphatic carbocycles. The van der Waals surface area contributed by atoms with Gasteiger partial charge in [0.05, 0.1) is 0 Å². The highest BCUT2D eigenvalue weighted by molar-refractivity contribution is 4.75. The average Bonchev–Trinajstić information content (AvgIpc) is 2.61. The van der Waals surface area contributed by atoms with Gasteiger partial charge in [0.1, 0.15) is 0 Å². The summed E-state index contributed by atoms with van der Waals surface area (Å²) in [5, 5.41) is 3.54. The Balaban J connectivity index is 2.06. The highest BCUT2D eigenvalue weighted by Crippen LogP contribution is 2.20. The summed E-state index contributed by atoms with van der Waals surface area (Å²) < 4.78 is 0. The van der Waals surface area contributed by atoms with Gasteiger partial charge in [-0.25, -0.2) is 0 Å². The Morgan fingerprint density at radius 3 is 3.14 bits per heavy atom. The summed E-state index contributed by atoms with van der Waals surface area (Å²) in [5.74, 6) is 0.916. The van der Waals surface area contributed by atoms with E-state index in [-0.39, 0.29) is 0 Å². The van der Waals surface area contributed by atoms with Crippen LogP contribution in [0.15, 0.2) is 5.11 Å². The Morgan fingerprint density at radius 2 is 2.43 bits per heavy atom. The van der Waals surface area contributed by atoms with Crippen molar-refractivity contribution in [1.29, 1.82) is 0 Å². The Bertz CT molecular complexity index is 198. The third-order valence-corrected chi connectivity index (χ3v) is 2.86. The lowest BCUT2D eigenvalue weighted by Crippen LogP contribution is -2.22. The maximum atomic E-state index is 8.11. The van der Waals surface area contributed by atoms with E-state index in [1.54, 1.807) is 0 Å². The van der Waals surface area contributed by atoms with Crippen LogP contribution >= 0.6 is 0 Å². The molecule has 1 aliphatic rings. The molecule has 1 aliphatic heterocycles. The van der Waals surface area contributed by atoms with Gasteiger partial charge in [0.25, 0.3) is 0 Å². The van der Waals surface area contributed by atoms with Crippen LogP contribution in [0.4, 0.5) is 0 Å². The smallest absolute Gasteiger partial charge is 0.0270 e. The minimum atomic E-state index is 0.644. The van der Waals surface area contributed by atoms with Gasteiger partial charge in [-0.15, -0.1) is 0 Å². The lowest BCUT2D eigenvalue weighted by atomic mass is 10.0. The van der Waals surface area contributed by atoms with Crippen molar-refractivity contribution in [3.05, 3.63) is 10.4 Å². The summed E-state index contributed by atoms with van der Waals surface area (Å²) in [6.45, 7) is 6.49. The molecular weight excluding hydrogens is 176 g/mol. The van der Waals surface area contributed by atoms with E-state index in [1.165, 1.54) is 32.4 Å². The Labute approximate surface area is 85.9 Å². The topological polar surface area (TPSA) is 52.0 Å². The van der Waals surface area contributed by atoms with Crippen LogP contribution in [0, 0.1) is 5.92 Å². The summed E-state index contributed by atoms with van der Waals surface area (Å²) >= 11 is 0. The van der Waals surface area contributed by atoms with Gasteiger partial charge >= 0.3 is 0 Å². The predicted octanol–water partition coefficient (Wildman–Crippen LogP) is 2.81. The Hall–Kier alpha value is -0.730. The molecule has 1 heterocycles. The summed E-state index contributed by atoms with van der Waals surface area (Å²) in [4.78, 5) is 5.24. The number of rotatable bonds is 6. The minimum absolute atomic E-state index is 0.644. The van der Waals surface area contributed by atoms with E-state index >= 15 is 0 Å². The molecule has 1 atom stereocenters. The SMILES string of the molecule is CCCC1CCN(CCCN=[N+]=[N-])C1. The van der Waals surface area contributed by atoms with E-state index < -0.39 is 0 Å². The quantitative estimate of drug-likeness (QED) is 0.279. The third-order valence-electron chi connectivity index (χ3n) is 2.86. The second kappa shape index (κ2) is 6.68. The second-order valence-electron chi connectivity index (χ2n) is 4.05. The molecule has 4 heteroatoms. The zero-order valence-corrected chi connectivity index (χ0v) is 9.02. The molecule has 0 aromatic carbocycles. The van der Waals surface area contributed by atoms with Crippen molar-refractivity contribution in [3.63, 3.8) is 0 Å². The molecule has 0 spiro atoms. The summed E-state index contributed by atoms with van der Waals surface area (Å²) in [7, 11) is 0. The van der Waals surface area contributed by atoms with E-state index in [1.807, 2.05) is 0 Å². The molecule has 0 N–H and O–H groups in total. The summed E-state index contributed by atoms with van der Waals surface area (Å²) in [6.07, 6.45) is 5.03. The lowest BCUT2D eigenvalue weighted by molar-refractivity contribution is 0.318. The zero-order chi connectivity index (χ0) is 10.2. The Kier molecular flexibility index (Phi) is 5.42. The van der Waals surface area contributed by atoms with Gasteiger partial charge in [0.2, 0.25) is 0 Å². The predicted molar refractivity (Wildman–Crippen MR) is 58.1 cm³/mol. The van der Waals surface area contributed by atoms with Crippen molar-refractivity contribution < 1.29 is 0 Å². The first-order chi connectivity index (χ1) is 6.86. The number of hydrogen-bond donors (Lipinski definition) is 0. The van der Waals surface area contributed by atoms with Crippen LogP contribution in [0.5, 0.6) is 0 Å². The molecular formula is C10H20N4. The van der Waals surface area contributed by atoms with Gasteiger partial charge in [-0.2, -0.15) is 0 Å². The average molecular weight is 196 g/mol. The standard InChI is InChI=1S/C10H20N4/c1-2-4-10-5-8-14(9-10)7-3-6-12-13-11/h10H,2-9H2,1H3. The van der Waals surface area contributed by atoms with Crippen molar-refractivity contribution in [1.82, 2.24) is 4.90 Å². The lowest BCUT2D eigenvalue weighted by Gasteiger charge is -2.14. The Morgan fingerprint density at radius 1 is 1.57 bits per heavy atom. The molecule has 1 saturated heterocycles. The molecule has 0 aromatic heterocycles. The van der Waals surface area contributed by atoms with Crippen LogP contribution in [0.3, 0.4) is 0 Å². The summed E-state index contributed by atoms with van der Waals surface area (Å²) in [5.41, 5.74) is 8.11. The molecule has 80 valence electrons. The molecule has 0 aromatic rings. The highest BCUT2D eigenvalue weighted by Gasteiger charge is 2.20. The molecule has 14 heavy (non-hydrogen) atoms. The number of hydrogen-bond acceptors (Lipinski definition) is 2. The fourth-order valence-electron chi connectivity index (χ4n) is 2.17. The molecule has 0 saturated carbocycles. The van der Waals surface area contributed by atoms with Crippen LogP contribution in [-0.2, 0) is 0 Å². The van der Waals surface area contributed by atoms with Gasteiger partial charge in [-0.3, -0.25) is 0 Å². The number of nitrogens with zero attached hydrogens (tertiary/aromatic N) is 4. The zero-order valence-electron chi connectivity index (χ0n) is 9.02. The summed E-state index contributed by atoms with van der Waals surface area (Å²) in [6, 6.07) is 0. The van der Waals surface area contributed by atoms with Crippen LogP contribution in [-0.4, -0.2) is 31.1 Å². The van der Waals surface area contributed by atoms with Gasteiger partial charge in [0.15, 0.2) is 0 Å². The first-order valence-corrected chi connectivity index (χ1v) is 5.60. The normalized spacial score (nSPS) is 22.2. The first kappa shape index (κ1) is 11.3. The van der Waals surface area contributed by atoms with Crippen molar-refractivity contribution in [2.75, 3.05) is 26.2 Å². The molecule has 0 bridgehead atoms. The first-order valence-electron chi connectivity index (χ1n) is 5.60. The van der Waals surface area contributed by atoms with Gasteiger partial charge in [0, 0.05) is 18.0 Å². The van der Waals surface area contributed by atoms with E-state index in [4.69, 9.17) is 5.53 Å². The van der Waals surface area contributed by atoms with Crippen molar-refractivity contribution in [2.24, 2.45) is 11.0 Å². The largest absolute Gasteiger partial charge is 0.303 e. The van der Waals surface area contributed by atoms with E-state index in [0.29, 0.717) is 6.54 Å². The molecule has 4 nitrogen and oxygen atoms in total. The maximum Gasteiger partial charge on any atom is 0.0270 e. The second-order valence-corrected chi connectivity index (χ2v) is 4.05. The maximum absolute atomic E-state index is 8.11. The molecule has 1 rings (SSSR count). The fraction of sp³-hybridized carbons (Fsp3) is 1.00. The molecule has 0 amide bonds. The monoisotopic (exact) mass is 196 g/mol. The van der Waals surface area contributed by atoms with Crippen LogP contribution in [0.1, 0.15) is 32.6 Å². The van der Waals surface area contributed by atoms with E-state index in [9.17, 15) is 0 Å². The van der Waals surface area contributed by atoms with Crippen molar-refractivity contribution in [2.45, 2.75) is 32.6 Å². The third kappa shape index (κ3) is 3.99. The minimum Gasteiger partial charge on any atom is -0.303 e. The van der Waals surface area contributed by atoms with Gasteiger partial charge < -0.3 is 4.90 Å². The van der Waals surface area contributed by atoms with Crippen LogP contribution < -0.4 is 0 Å². The van der Waals surface area contributed by atoms with Gasteiger partial charge in [-0.05, 0) is 43.8 Å². The van der Waals surface area contributed by atoms with Crippen LogP contribution in [0.2, 0.25) is 0 Å². The number of azide groups is 1.